The second-order valence-corrected chi connectivity index (χ2v) is 8.66. The molecule has 148 valence electrons. The molecule has 1 saturated heterocycles. The highest BCUT2D eigenvalue weighted by Crippen LogP contribution is 2.23. The number of nitrogens with one attached hydrogen (secondary N) is 1. The van der Waals surface area contributed by atoms with Crippen molar-refractivity contribution in [3.05, 3.63) is 65.7 Å². The Bertz CT molecular complexity index is 976. The normalized spacial score (nSPS) is 16.3. The summed E-state index contributed by atoms with van der Waals surface area (Å²) in [6, 6.07) is 15.4. The van der Waals surface area contributed by atoms with E-state index < -0.39 is 10.0 Å². The SMILES string of the molecule is C[C@H](c1ccccc1)N(C)C(=O)c1cccc(S(=O)(=O)N2CCNC(=O)C2)c1. The first kappa shape index (κ1) is 20.0. The molecule has 1 N–H and O–H groups in total. The van der Waals surface area contributed by atoms with Crippen LogP contribution in [0.4, 0.5) is 0 Å². The molecular weight excluding hydrogens is 378 g/mol. The lowest BCUT2D eigenvalue weighted by atomic mass is 10.1. The zero-order valence-electron chi connectivity index (χ0n) is 15.8. The molecule has 1 atom stereocenters. The monoisotopic (exact) mass is 401 g/mol. The van der Waals surface area contributed by atoms with Crippen molar-refractivity contribution in [3.8, 4) is 0 Å². The van der Waals surface area contributed by atoms with Gasteiger partial charge in [0.1, 0.15) is 0 Å². The molecule has 0 bridgehead atoms. The number of sulfonamides is 1. The molecule has 2 aromatic rings. The fourth-order valence-electron chi connectivity index (χ4n) is 3.09. The van der Waals surface area contributed by atoms with E-state index in [9.17, 15) is 18.0 Å². The summed E-state index contributed by atoms with van der Waals surface area (Å²) in [4.78, 5) is 26.1. The third-order valence-electron chi connectivity index (χ3n) is 4.91. The minimum Gasteiger partial charge on any atom is -0.354 e. The van der Waals surface area contributed by atoms with E-state index in [0.29, 0.717) is 0 Å². The summed E-state index contributed by atoms with van der Waals surface area (Å²) in [7, 11) is -2.16. The molecule has 1 aliphatic heterocycles. The first-order chi connectivity index (χ1) is 13.3. The van der Waals surface area contributed by atoms with Gasteiger partial charge in [0.2, 0.25) is 15.9 Å². The molecular formula is C20H23N3O4S. The van der Waals surface area contributed by atoms with Gasteiger partial charge in [-0.1, -0.05) is 36.4 Å². The Hall–Kier alpha value is -2.71. The summed E-state index contributed by atoms with van der Waals surface area (Å²) in [6.45, 7) is 2.18. The Morgan fingerprint density at radius 2 is 1.86 bits per heavy atom. The standard InChI is InChI=1S/C20H23N3O4S/c1-15(16-7-4-3-5-8-16)22(2)20(25)17-9-6-10-18(13-17)28(26,27)23-12-11-21-19(24)14-23/h3-10,13,15H,11-12,14H2,1-2H3,(H,21,24)/t15-/m1/s1. The van der Waals surface area contributed by atoms with Crippen molar-refractivity contribution < 1.29 is 18.0 Å². The number of nitrogens with zero attached hydrogens (tertiary/aromatic N) is 2. The first-order valence-corrected chi connectivity index (χ1v) is 10.4. The number of rotatable bonds is 5. The van der Waals surface area contributed by atoms with Crippen LogP contribution >= 0.6 is 0 Å². The number of benzene rings is 2. The van der Waals surface area contributed by atoms with Crippen LogP contribution in [0.15, 0.2) is 59.5 Å². The van der Waals surface area contributed by atoms with Crippen LogP contribution in [0.5, 0.6) is 0 Å². The molecule has 2 amide bonds. The van der Waals surface area contributed by atoms with Crippen molar-refractivity contribution in [1.82, 2.24) is 14.5 Å². The van der Waals surface area contributed by atoms with Crippen LogP contribution in [0.1, 0.15) is 28.9 Å². The van der Waals surface area contributed by atoms with Crippen LogP contribution in [0.25, 0.3) is 0 Å². The van der Waals surface area contributed by atoms with E-state index in [1.54, 1.807) is 24.1 Å². The van der Waals surface area contributed by atoms with Gasteiger partial charge in [-0.3, -0.25) is 9.59 Å². The predicted octanol–water partition coefficient (Wildman–Crippen LogP) is 1.64. The van der Waals surface area contributed by atoms with E-state index >= 15 is 0 Å². The number of piperazine rings is 1. The molecule has 0 spiro atoms. The Balaban J connectivity index is 1.84. The molecule has 1 fully saturated rings. The van der Waals surface area contributed by atoms with Gasteiger partial charge in [-0.25, -0.2) is 8.42 Å². The van der Waals surface area contributed by atoms with Crippen LogP contribution in [0.3, 0.4) is 0 Å². The molecule has 0 unspecified atom stereocenters. The number of hydrogen-bond acceptors (Lipinski definition) is 4. The third kappa shape index (κ3) is 4.07. The van der Waals surface area contributed by atoms with Crippen molar-refractivity contribution in [2.75, 3.05) is 26.7 Å². The molecule has 0 radical (unpaired) electrons. The number of hydrogen-bond donors (Lipinski definition) is 1. The third-order valence-corrected chi connectivity index (χ3v) is 6.75. The largest absolute Gasteiger partial charge is 0.354 e. The van der Waals surface area contributed by atoms with Crippen LogP contribution in [0.2, 0.25) is 0 Å². The van der Waals surface area contributed by atoms with Gasteiger partial charge in [-0.2, -0.15) is 4.31 Å². The van der Waals surface area contributed by atoms with Crippen molar-refractivity contribution in [2.24, 2.45) is 0 Å². The second-order valence-electron chi connectivity index (χ2n) is 6.72. The van der Waals surface area contributed by atoms with E-state index in [1.165, 1.54) is 12.1 Å². The molecule has 8 heteroatoms. The number of carbonyl (C=O) groups is 2. The topological polar surface area (TPSA) is 86.8 Å². The minimum atomic E-state index is -3.85. The van der Waals surface area contributed by atoms with Crippen molar-refractivity contribution in [3.63, 3.8) is 0 Å². The highest BCUT2D eigenvalue weighted by molar-refractivity contribution is 7.89. The van der Waals surface area contributed by atoms with Gasteiger partial charge in [-0.05, 0) is 30.7 Å². The van der Waals surface area contributed by atoms with Gasteiger partial charge >= 0.3 is 0 Å². The van der Waals surface area contributed by atoms with Crippen LogP contribution in [-0.4, -0.2) is 56.1 Å². The zero-order chi connectivity index (χ0) is 20.3. The van der Waals surface area contributed by atoms with E-state index in [0.717, 1.165) is 9.87 Å². The Morgan fingerprint density at radius 3 is 2.54 bits per heavy atom. The Labute approximate surface area is 165 Å². The number of carbonyl (C=O) groups excluding carboxylic acids is 2. The van der Waals surface area contributed by atoms with Crippen molar-refractivity contribution >= 4 is 21.8 Å². The maximum absolute atomic E-state index is 12.9. The van der Waals surface area contributed by atoms with Crippen LogP contribution in [0, 0.1) is 0 Å². The summed E-state index contributed by atoms with van der Waals surface area (Å²) in [6.07, 6.45) is 0. The van der Waals surface area contributed by atoms with E-state index in [4.69, 9.17) is 0 Å². The predicted molar refractivity (Wildman–Crippen MR) is 105 cm³/mol. The van der Waals surface area contributed by atoms with Crippen molar-refractivity contribution in [1.29, 1.82) is 0 Å². The molecule has 7 nitrogen and oxygen atoms in total. The molecule has 0 saturated carbocycles. The van der Waals surface area contributed by atoms with Crippen LogP contribution < -0.4 is 5.32 Å². The maximum atomic E-state index is 12.9. The van der Waals surface area contributed by atoms with Gasteiger partial charge < -0.3 is 10.2 Å². The Kier molecular flexibility index (Phi) is 5.81. The summed E-state index contributed by atoms with van der Waals surface area (Å²) >= 11 is 0. The quantitative estimate of drug-likeness (QED) is 0.825. The fraction of sp³-hybridized carbons (Fsp3) is 0.300. The van der Waals surface area contributed by atoms with Gasteiger partial charge in [0, 0.05) is 25.7 Å². The second kappa shape index (κ2) is 8.12. The average Bonchev–Trinajstić information content (AvgIpc) is 2.73. The molecule has 0 aliphatic carbocycles. The minimum absolute atomic E-state index is 0.00816. The summed E-state index contributed by atoms with van der Waals surface area (Å²) in [5.74, 6) is -0.608. The molecule has 1 aliphatic rings. The molecule has 0 aromatic heterocycles. The lowest BCUT2D eigenvalue weighted by Crippen LogP contribution is -2.49. The summed E-state index contributed by atoms with van der Waals surface area (Å²) in [5, 5.41) is 2.60. The van der Waals surface area contributed by atoms with Crippen LogP contribution in [-0.2, 0) is 14.8 Å². The van der Waals surface area contributed by atoms with E-state index in [2.05, 4.69) is 5.32 Å². The summed E-state index contributed by atoms with van der Waals surface area (Å²) < 4.78 is 26.8. The first-order valence-electron chi connectivity index (χ1n) is 8.99. The van der Waals surface area contributed by atoms with Gasteiger partial charge in [0.25, 0.3) is 5.91 Å². The van der Waals surface area contributed by atoms with E-state index in [1.807, 2.05) is 37.3 Å². The van der Waals surface area contributed by atoms with Gasteiger partial charge in [-0.15, -0.1) is 0 Å². The summed E-state index contributed by atoms with van der Waals surface area (Å²) in [5.41, 5.74) is 1.27. The zero-order valence-corrected chi connectivity index (χ0v) is 16.6. The molecule has 3 rings (SSSR count). The smallest absolute Gasteiger partial charge is 0.254 e. The fourth-order valence-corrected chi connectivity index (χ4v) is 4.54. The van der Waals surface area contributed by atoms with Gasteiger partial charge in [0.15, 0.2) is 0 Å². The lowest BCUT2D eigenvalue weighted by Gasteiger charge is -2.27. The maximum Gasteiger partial charge on any atom is 0.254 e. The molecule has 28 heavy (non-hydrogen) atoms. The molecule has 1 heterocycles. The molecule has 2 aromatic carbocycles. The number of amides is 2. The Morgan fingerprint density at radius 1 is 1.14 bits per heavy atom. The lowest BCUT2D eigenvalue weighted by molar-refractivity contribution is -0.122. The highest BCUT2D eigenvalue weighted by Gasteiger charge is 2.30. The van der Waals surface area contributed by atoms with E-state index in [-0.39, 0.29) is 47.9 Å². The highest BCUT2D eigenvalue weighted by atomic mass is 32.2. The van der Waals surface area contributed by atoms with Crippen molar-refractivity contribution in [2.45, 2.75) is 17.9 Å². The van der Waals surface area contributed by atoms with Gasteiger partial charge in [0.05, 0.1) is 17.5 Å². The average molecular weight is 401 g/mol.